The molecule has 25 heavy (non-hydrogen) atoms. The van der Waals surface area contributed by atoms with E-state index in [0.29, 0.717) is 12.8 Å². The zero-order chi connectivity index (χ0) is 17.8. The first-order valence-corrected chi connectivity index (χ1v) is 8.53. The van der Waals surface area contributed by atoms with E-state index in [4.69, 9.17) is 11.6 Å². The lowest BCUT2D eigenvalue weighted by molar-refractivity contribution is -0.130. The van der Waals surface area contributed by atoms with Crippen molar-refractivity contribution in [1.82, 2.24) is 5.01 Å². The molecule has 0 atom stereocenters. The quantitative estimate of drug-likeness (QED) is 0.862. The first-order chi connectivity index (χ1) is 12.0. The predicted octanol–water partition coefficient (Wildman–Crippen LogP) is 4.46. The molecule has 5 heteroatoms. The van der Waals surface area contributed by atoms with Crippen LogP contribution in [0.2, 0.25) is 5.02 Å². The van der Waals surface area contributed by atoms with E-state index in [1.807, 2.05) is 30.3 Å². The Labute approximate surface area is 152 Å². The van der Waals surface area contributed by atoms with E-state index in [-0.39, 0.29) is 5.91 Å². The van der Waals surface area contributed by atoms with Crippen LogP contribution in [0.5, 0.6) is 0 Å². The van der Waals surface area contributed by atoms with E-state index < -0.39 is 0 Å². The minimum atomic E-state index is 0.0296. The Hall–Kier alpha value is -2.59. The van der Waals surface area contributed by atoms with Crippen molar-refractivity contribution in [2.24, 2.45) is 5.10 Å². The largest absolute Gasteiger partial charge is 0.354 e. The van der Waals surface area contributed by atoms with Gasteiger partial charge < -0.3 is 5.32 Å². The summed E-state index contributed by atoms with van der Waals surface area (Å²) >= 11 is 6.03. The maximum Gasteiger partial charge on any atom is 0.242 e. The van der Waals surface area contributed by atoms with Crippen LogP contribution in [0.3, 0.4) is 0 Å². The molecule has 0 bridgehead atoms. The highest BCUT2D eigenvalue weighted by molar-refractivity contribution is 6.30. The summed E-state index contributed by atoms with van der Waals surface area (Å²) in [5.41, 5.74) is 4.87. The molecule has 0 unspecified atom stereocenters. The molecule has 2 aromatic carbocycles. The van der Waals surface area contributed by atoms with Crippen molar-refractivity contribution in [1.29, 1.82) is 0 Å². The summed E-state index contributed by atoms with van der Waals surface area (Å²) < 4.78 is 0. The topological polar surface area (TPSA) is 44.7 Å². The number of nitrogens with one attached hydrogen (secondary N) is 1. The van der Waals surface area contributed by atoms with Crippen molar-refractivity contribution >= 4 is 28.9 Å². The number of hydrogen-bond acceptors (Lipinski definition) is 3. The highest BCUT2D eigenvalue weighted by Gasteiger charge is 2.18. The lowest BCUT2D eigenvalue weighted by Crippen LogP contribution is -2.29. The zero-order valence-electron chi connectivity index (χ0n) is 14.1. The molecule has 0 radical (unpaired) electrons. The molecule has 0 saturated carbocycles. The molecule has 1 amide bonds. The number of benzene rings is 2. The van der Waals surface area contributed by atoms with Crippen LogP contribution in [0.25, 0.3) is 0 Å². The van der Waals surface area contributed by atoms with Crippen molar-refractivity contribution in [3.8, 4) is 0 Å². The zero-order valence-corrected chi connectivity index (χ0v) is 14.9. The maximum atomic E-state index is 11.5. The molecular weight excluding hydrogens is 334 g/mol. The highest BCUT2D eigenvalue weighted by atomic mass is 35.5. The van der Waals surface area contributed by atoms with Gasteiger partial charge in [0.05, 0.1) is 11.4 Å². The summed E-state index contributed by atoms with van der Waals surface area (Å²) in [7, 11) is 1.67. The van der Waals surface area contributed by atoms with Gasteiger partial charge in [0.2, 0.25) is 5.91 Å². The molecule has 1 heterocycles. The van der Waals surface area contributed by atoms with E-state index in [1.165, 1.54) is 16.1 Å². The van der Waals surface area contributed by atoms with Gasteiger partial charge >= 0.3 is 0 Å². The maximum absolute atomic E-state index is 11.5. The Morgan fingerprint density at radius 2 is 1.96 bits per heavy atom. The fourth-order valence-electron chi connectivity index (χ4n) is 2.72. The number of carbonyl (C=O) groups excluding carboxylic acids is 1. The molecule has 0 aliphatic carbocycles. The van der Waals surface area contributed by atoms with Crippen LogP contribution < -0.4 is 5.32 Å². The van der Waals surface area contributed by atoms with E-state index in [9.17, 15) is 4.79 Å². The summed E-state index contributed by atoms with van der Waals surface area (Å²) in [5, 5.41) is 9.66. The Morgan fingerprint density at radius 3 is 2.64 bits per heavy atom. The van der Waals surface area contributed by atoms with Gasteiger partial charge in [0, 0.05) is 30.6 Å². The third kappa shape index (κ3) is 4.48. The minimum Gasteiger partial charge on any atom is -0.354 e. The fourth-order valence-corrected chi connectivity index (χ4v) is 2.93. The molecular formula is C20H20ClN3O. The first kappa shape index (κ1) is 17.2. The average molecular weight is 354 g/mol. The SMILES string of the molecule is C=C(Nc1ccc(Cc2cccc(Cl)c2)cc1)C1=NN(C)C(=O)CC1. The van der Waals surface area contributed by atoms with Gasteiger partial charge in [0.25, 0.3) is 0 Å². The predicted molar refractivity (Wildman–Crippen MR) is 103 cm³/mol. The Morgan fingerprint density at radius 1 is 1.20 bits per heavy atom. The standard InChI is InChI=1S/C20H20ClN3O/c1-14(19-10-11-20(25)24(2)23-19)22-18-8-6-15(7-9-18)12-16-4-3-5-17(21)13-16/h3-9,13,22H,1,10-12H2,2H3. The molecule has 0 aromatic heterocycles. The van der Waals surface area contributed by atoms with Gasteiger partial charge in [-0.2, -0.15) is 5.10 Å². The van der Waals surface area contributed by atoms with Gasteiger partial charge in [-0.1, -0.05) is 42.4 Å². The number of hydrogen-bond donors (Lipinski definition) is 1. The van der Waals surface area contributed by atoms with Gasteiger partial charge in [0.1, 0.15) is 0 Å². The number of carbonyl (C=O) groups is 1. The third-order valence-corrected chi connectivity index (χ3v) is 4.34. The normalized spacial score (nSPS) is 14.2. The minimum absolute atomic E-state index is 0.0296. The summed E-state index contributed by atoms with van der Waals surface area (Å²) in [6, 6.07) is 16.1. The molecule has 0 fully saturated rings. The van der Waals surface area contributed by atoms with E-state index in [2.05, 4.69) is 35.2 Å². The van der Waals surface area contributed by atoms with Crippen LogP contribution in [-0.4, -0.2) is 23.7 Å². The van der Waals surface area contributed by atoms with Crippen LogP contribution in [0.1, 0.15) is 24.0 Å². The summed E-state index contributed by atoms with van der Waals surface area (Å²) in [4.78, 5) is 11.5. The van der Waals surface area contributed by atoms with Crippen LogP contribution >= 0.6 is 11.6 Å². The van der Waals surface area contributed by atoms with Gasteiger partial charge in [0.15, 0.2) is 0 Å². The lowest BCUT2D eigenvalue weighted by Gasteiger charge is -2.21. The van der Waals surface area contributed by atoms with Crippen LogP contribution in [0, 0.1) is 0 Å². The summed E-state index contributed by atoms with van der Waals surface area (Å²) in [6.07, 6.45) is 1.91. The number of halogens is 1. The van der Waals surface area contributed by atoms with Gasteiger partial charge in [-0.05, 0) is 41.8 Å². The highest BCUT2D eigenvalue weighted by Crippen LogP contribution is 2.19. The summed E-state index contributed by atoms with van der Waals surface area (Å²) in [6.45, 7) is 4.04. The molecule has 3 rings (SSSR count). The number of amides is 1. The fraction of sp³-hybridized carbons (Fsp3) is 0.200. The Bertz CT molecular complexity index is 827. The van der Waals surface area contributed by atoms with E-state index in [0.717, 1.165) is 28.5 Å². The van der Waals surface area contributed by atoms with Crippen molar-refractivity contribution in [2.45, 2.75) is 19.3 Å². The second kappa shape index (κ2) is 7.53. The number of hydrazone groups is 1. The molecule has 1 N–H and O–H groups in total. The second-order valence-electron chi connectivity index (χ2n) is 6.07. The van der Waals surface area contributed by atoms with E-state index >= 15 is 0 Å². The van der Waals surface area contributed by atoms with E-state index in [1.54, 1.807) is 7.05 Å². The molecule has 1 aliphatic rings. The Balaban J connectivity index is 1.63. The number of rotatable bonds is 5. The van der Waals surface area contributed by atoms with Crippen LogP contribution in [-0.2, 0) is 11.2 Å². The van der Waals surface area contributed by atoms with Crippen LogP contribution in [0.4, 0.5) is 5.69 Å². The molecule has 2 aromatic rings. The summed E-state index contributed by atoms with van der Waals surface area (Å²) in [5.74, 6) is 0.0296. The lowest BCUT2D eigenvalue weighted by atomic mass is 10.0. The van der Waals surface area contributed by atoms with Crippen LogP contribution in [0.15, 0.2) is 65.9 Å². The Kier molecular flexibility index (Phi) is 5.19. The molecule has 0 saturated heterocycles. The molecule has 4 nitrogen and oxygen atoms in total. The average Bonchev–Trinajstić information content (AvgIpc) is 2.59. The first-order valence-electron chi connectivity index (χ1n) is 8.15. The third-order valence-electron chi connectivity index (χ3n) is 4.10. The van der Waals surface area contributed by atoms with Crippen molar-refractivity contribution < 1.29 is 4.79 Å². The second-order valence-corrected chi connectivity index (χ2v) is 6.51. The molecule has 128 valence electrons. The van der Waals surface area contributed by atoms with Gasteiger partial charge in [-0.3, -0.25) is 4.79 Å². The molecule has 1 aliphatic heterocycles. The van der Waals surface area contributed by atoms with Gasteiger partial charge in [-0.25, -0.2) is 5.01 Å². The van der Waals surface area contributed by atoms with Crippen molar-refractivity contribution in [3.05, 3.63) is 77.0 Å². The number of nitrogens with zero attached hydrogens (tertiary/aromatic N) is 2. The van der Waals surface area contributed by atoms with Crippen molar-refractivity contribution in [3.63, 3.8) is 0 Å². The molecule has 0 spiro atoms. The number of allylic oxidation sites excluding steroid dienone is 1. The van der Waals surface area contributed by atoms with Crippen molar-refractivity contribution in [2.75, 3.05) is 12.4 Å². The number of anilines is 1. The smallest absolute Gasteiger partial charge is 0.242 e. The van der Waals surface area contributed by atoms with Gasteiger partial charge in [-0.15, -0.1) is 0 Å². The monoisotopic (exact) mass is 353 g/mol.